The van der Waals surface area contributed by atoms with Gasteiger partial charge in [0.05, 0.1) is 0 Å². The van der Waals surface area contributed by atoms with Gasteiger partial charge in [0.15, 0.2) is 11.5 Å². The third kappa shape index (κ3) is 3.21. The molecule has 0 unspecified atom stereocenters. The van der Waals surface area contributed by atoms with Crippen LogP contribution in [0.5, 0.6) is 0 Å². The van der Waals surface area contributed by atoms with Gasteiger partial charge in [0, 0.05) is 32.2 Å². The van der Waals surface area contributed by atoms with Crippen molar-refractivity contribution in [1.29, 1.82) is 0 Å². The maximum atomic E-state index is 13.2. The number of hydrogen-bond donors (Lipinski definition) is 1. The number of imidazole rings is 2. The van der Waals surface area contributed by atoms with Gasteiger partial charge in [0.1, 0.15) is 11.3 Å². The number of rotatable bonds is 5. The zero-order valence-electron chi connectivity index (χ0n) is 15.4. The van der Waals surface area contributed by atoms with Crippen molar-refractivity contribution in [2.24, 2.45) is 0 Å². The van der Waals surface area contributed by atoms with Crippen LogP contribution in [-0.2, 0) is 6.42 Å². The predicted molar refractivity (Wildman–Crippen MR) is 105 cm³/mol. The highest BCUT2D eigenvalue weighted by atomic mass is 16.2. The molecule has 0 fully saturated rings. The molecule has 0 saturated heterocycles. The number of H-pyrrole nitrogens is 1. The maximum absolute atomic E-state index is 13.2. The van der Waals surface area contributed by atoms with Crippen molar-refractivity contribution in [3.8, 4) is 11.5 Å². The van der Waals surface area contributed by atoms with Gasteiger partial charge in [-0.3, -0.25) is 9.20 Å². The molecule has 1 amide bonds. The Morgan fingerprint density at radius 1 is 1.19 bits per heavy atom. The molecule has 27 heavy (non-hydrogen) atoms. The smallest absolute Gasteiger partial charge is 0.274 e. The number of pyridine rings is 1. The zero-order chi connectivity index (χ0) is 18.8. The summed E-state index contributed by atoms with van der Waals surface area (Å²) in [5.74, 6) is 0.522. The standard InChI is InChI=1S/C21H21N5O/c1-15-7-6-13-26-18(19-22-11-12-23-19)17(24-20(15)26)21(27)25(2)14-10-16-8-4-3-5-9-16/h3-9,11-13H,10,14H2,1-2H3,(H,22,23). The molecule has 0 saturated carbocycles. The molecule has 0 atom stereocenters. The number of amides is 1. The van der Waals surface area contributed by atoms with E-state index in [9.17, 15) is 4.79 Å². The Hall–Kier alpha value is -3.41. The molecule has 0 aliphatic heterocycles. The first-order valence-electron chi connectivity index (χ1n) is 8.92. The number of aromatic nitrogens is 4. The molecule has 1 aromatic carbocycles. The van der Waals surface area contributed by atoms with Crippen molar-refractivity contribution >= 4 is 11.6 Å². The van der Waals surface area contributed by atoms with E-state index in [4.69, 9.17) is 0 Å². The molecule has 1 N–H and O–H groups in total. The highest BCUT2D eigenvalue weighted by molar-refractivity contribution is 5.98. The van der Waals surface area contributed by atoms with Crippen LogP contribution in [0.1, 0.15) is 21.6 Å². The second-order valence-corrected chi connectivity index (χ2v) is 6.59. The van der Waals surface area contributed by atoms with E-state index in [0.717, 1.165) is 17.6 Å². The molecule has 0 bridgehead atoms. The number of aromatic amines is 1. The number of nitrogens with one attached hydrogen (secondary N) is 1. The number of fused-ring (bicyclic) bond motifs is 1. The molecule has 6 heteroatoms. The van der Waals surface area contributed by atoms with Crippen molar-refractivity contribution < 1.29 is 4.79 Å². The monoisotopic (exact) mass is 359 g/mol. The van der Waals surface area contributed by atoms with Crippen LogP contribution in [-0.4, -0.2) is 43.8 Å². The normalized spacial score (nSPS) is 11.0. The quantitative estimate of drug-likeness (QED) is 0.594. The molecule has 6 nitrogen and oxygen atoms in total. The number of carbonyl (C=O) groups excluding carboxylic acids is 1. The molecular formula is C21H21N5O. The summed E-state index contributed by atoms with van der Waals surface area (Å²) in [5.41, 5.74) is 4.08. The number of hydrogen-bond acceptors (Lipinski definition) is 3. The Morgan fingerprint density at radius 2 is 2.00 bits per heavy atom. The van der Waals surface area contributed by atoms with Gasteiger partial charge in [-0.2, -0.15) is 0 Å². The van der Waals surface area contributed by atoms with Gasteiger partial charge >= 0.3 is 0 Å². The van der Waals surface area contributed by atoms with Gasteiger partial charge in [-0.15, -0.1) is 0 Å². The first-order chi connectivity index (χ1) is 13.1. The number of aryl methyl sites for hydroxylation is 1. The Labute approximate surface area is 157 Å². The number of nitrogens with zero attached hydrogens (tertiary/aromatic N) is 4. The summed E-state index contributed by atoms with van der Waals surface area (Å²) in [6.07, 6.45) is 6.13. The van der Waals surface area contributed by atoms with E-state index in [-0.39, 0.29) is 5.91 Å². The van der Waals surface area contributed by atoms with Crippen LogP contribution in [0.15, 0.2) is 61.1 Å². The molecule has 136 valence electrons. The van der Waals surface area contributed by atoms with Crippen LogP contribution in [0.25, 0.3) is 17.2 Å². The fourth-order valence-corrected chi connectivity index (χ4v) is 3.20. The lowest BCUT2D eigenvalue weighted by Gasteiger charge is -2.16. The fourth-order valence-electron chi connectivity index (χ4n) is 3.20. The average Bonchev–Trinajstić information content (AvgIpc) is 3.34. The molecule has 0 aliphatic carbocycles. The van der Waals surface area contributed by atoms with Crippen molar-refractivity contribution in [3.05, 3.63) is 77.9 Å². The lowest BCUT2D eigenvalue weighted by molar-refractivity contribution is 0.0792. The lowest BCUT2D eigenvalue weighted by Crippen LogP contribution is -2.29. The summed E-state index contributed by atoms with van der Waals surface area (Å²) in [6, 6.07) is 14.1. The molecule has 4 rings (SSSR count). The van der Waals surface area contributed by atoms with Gasteiger partial charge in [-0.25, -0.2) is 9.97 Å². The third-order valence-electron chi connectivity index (χ3n) is 4.70. The van der Waals surface area contributed by atoms with Gasteiger partial charge in [-0.05, 0) is 30.5 Å². The average molecular weight is 359 g/mol. The summed E-state index contributed by atoms with van der Waals surface area (Å²) < 4.78 is 1.92. The van der Waals surface area contributed by atoms with Gasteiger partial charge < -0.3 is 9.88 Å². The Morgan fingerprint density at radius 3 is 2.74 bits per heavy atom. The molecule has 0 spiro atoms. The first-order valence-corrected chi connectivity index (χ1v) is 8.92. The minimum Gasteiger partial charge on any atom is -0.343 e. The fraction of sp³-hybridized carbons (Fsp3) is 0.190. The van der Waals surface area contributed by atoms with Gasteiger partial charge in [0.25, 0.3) is 5.91 Å². The minimum atomic E-state index is -0.111. The second-order valence-electron chi connectivity index (χ2n) is 6.59. The molecule has 0 radical (unpaired) electrons. The first kappa shape index (κ1) is 17.0. The van der Waals surface area contributed by atoms with Crippen LogP contribution in [0.4, 0.5) is 0 Å². The SMILES string of the molecule is Cc1cccn2c(-c3ncc[nH]3)c(C(=O)N(C)CCc3ccccc3)nc12. The van der Waals surface area contributed by atoms with E-state index in [2.05, 4.69) is 27.1 Å². The number of carbonyl (C=O) groups is 1. The summed E-state index contributed by atoms with van der Waals surface area (Å²) in [5, 5.41) is 0. The van der Waals surface area contributed by atoms with Crippen molar-refractivity contribution in [2.75, 3.05) is 13.6 Å². The van der Waals surface area contributed by atoms with E-state index >= 15 is 0 Å². The third-order valence-corrected chi connectivity index (χ3v) is 4.70. The van der Waals surface area contributed by atoms with Crippen LogP contribution in [0.3, 0.4) is 0 Å². The molecule has 4 aromatic rings. The highest BCUT2D eigenvalue weighted by Gasteiger charge is 2.24. The second kappa shape index (κ2) is 7.07. The summed E-state index contributed by atoms with van der Waals surface area (Å²) in [6.45, 7) is 2.61. The summed E-state index contributed by atoms with van der Waals surface area (Å²) >= 11 is 0. The van der Waals surface area contributed by atoms with Gasteiger partial charge in [-0.1, -0.05) is 36.4 Å². The van der Waals surface area contributed by atoms with E-state index in [1.807, 2.05) is 54.9 Å². The largest absolute Gasteiger partial charge is 0.343 e. The predicted octanol–water partition coefficient (Wildman–Crippen LogP) is 3.35. The molecule has 0 aliphatic rings. The highest BCUT2D eigenvalue weighted by Crippen LogP contribution is 2.25. The lowest BCUT2D eigenvalue weighted by atomic mass is 10.1. The van der Waals surface area contributed by atoms with E-state index in [0.29, 0.717) is 23.8 Å². The summed E-state index contributed by atoms with van der Waals surface area (Å²) in [4.78, 5) is 27.0. The van der Waals surface area contributed by atoms with E-state index in [1.54, 1.807) is 17.3 Å². The molecule has 3 heterocycles. The Bertz CT molecular complexity index is 1070. The van der Waals surface area contributed by atoms with Crippen molar-refractivity contribution in [1.82, 2.24) is 24.3 Å². The van der Waals surface area contributed by atoms with Gasteiger partial charge in [0.2, 0.25) is 0 Å². The topological polar surface area (TPSA) is 66.3 Å². The minimum absolute atomic E-state index is 0.111. The van der Waals surface area contributed by atoms with Crippen LogP contribution < -0.4 is 0 Å². The van der Waals surface area contributed by atoms with E-state index in [1.165, 1.54) is 5.56 Å². The number of benzene rings is 1. The van der Waals surface area contributed by atoms with E-state index < -0.39 is 0 Å². The van der Waals surface area contributed by atoms with Crippen LogP contribution >= 0.6 is 0 Å². The summed E-state index contributed by atoms with van der Waals surface area (Å²) in [7, 11) is 1.81. The molecule has 3 aromatic heterocycles. The molecular weight excluding hydrogens is 338 g/mol. The van der Waals surface area contributed by atoms with Crippen molar-refractivity contribution in [2.45, 2.75) is 13.3 Å². The zero-order valence-corrected chi connectivity index (χ0v) is 15.4. The van der Waals surface area contributed by atoms with Crippen LogP contribution in [0.2, 0.25) is 0 Å². The maximum Gasteiger partial charge on any atom is 0.274 e. The Balaban J connectivity index is 1.69. The Kier molecular flexibility index (Phi) is 4.46. The van der Waals surface area contributed by atoms with Crippen LogP contribution in [0, 0.1) is 6.92 Å². The number of likely N-dealkylation sites (N-methyl/N-ethyl adjacent to an activating group) is 1. The van der Waals surface area contributed by atoms with Crippen molar-refractivity contribution in [3.63, 3.8) is 0 Å².